The molecule has 94 valence electrons. The average Bonchev–Trinajstić information content (AvgIpc) is 2.75. The number of hydrogen-bond acceptors (Lipinski definition) is 3. The molecule has 0 aliphatic carbocycles. The van der Waals surface area contributed by atoms with Crippen molar-refractivity contribution in [2.24, 2.45) is 0 Å². The standard InChI is InChI=1S/C13H12ClNO2S/c1-8-2-4-10(18-8)7-15-13(17)11-6-9(14)3-5-12(11)16/h2-6,16H,7H2,1H3,(H,15,17). The highest BCUT2D eigenvalue weighted by Gasteiger charge is 2.11. The van der Waals surface area contributed by atoms with Gasteiger partial charge >= 0.3 is 0 Å². The molecule has 1 aromatic heterocycles. The van der Waals surface area contributed by atoms with E-state index in [0.717, 1.165) is 4.88 Å². The summed E-state index contributed by atoms with van der Waals surface area (Å²) in [6.07, 6.45) is 0. The maximum atomic E-state index is 11.9. The lowest BCUT2D eigenvalue weighted by molar-refractivity contribution is 0.0948. The molecule has 0 radical (unpaired) electrons. The minimum absolute atomic E-state index is 0.0701. The van der Waals surface area contributed by atoms with Gasteiger partial charge in [-0.15, -0.1) is 11.3 Å². The molecule has 0 saturated heterocycles. The molecule has 2 rings (SSSR count). The zero-order valence-corrected chi connectivity index (χ0v) is 11.3. The normalized spacial score (nSPS) is 10.3. The van der Waals surface area contributed by atoms with Crippen molar-refractivity contribution in [1.29, 1.82) is 0 Å². The van der Waals surface area contributed by atoms with Crippen molar-refractivity contribution in [3.8, 4) is 5.75 Å². The van der Waals surface area contributed by atoms with Gasteiger partial charge in [0.25, 0.3) is 5.91 Å². The Kier molecular flexibility index (Phi) is 3.89. The quantitative estimate of drug-likeness (QED) is 0.906. The number of carbonyl (C=O) groups is 1. The van der Waals surface area contributed by atoms with Gasteiger partial charge in [0.15, 0.2) is 0 Å². The largest absolute Gasteiger partial charge is 0.507 e. The Labute approximate surface area is 114 Å². The third kappa shape index (κ3) is 3.03. The number of nitrogens with one attached hydrogen (secondary N) is 1. The third-order valence-corrected chi connectivity index (χ3v) is 3.66. The molecule has 0 spiro atoms. The number of carbonyl (C=O) groups excluding carboxylic acids is 1. The smallest absolute Gasteiger partial charge is 0.255 e. The highest BCUT2D eigenvalue weighted by molar-refractivity contribution is 7.11. The Morgan fingerprint density at radius 1 is 1.39 bits per heavy atom. The summed E-state index contributed by atoms with van der Waals surface area (Å²) in [5.74, 6) is -0.402. The number of phenolic OH excluding ortho intramolecular Hbond substituents is 1. The SMILES string of the molecule is Cc1ccc(CNC(=O)c2cc(Cl)ccc2O)s1. The number of halogens is 1. The summed E-state index contributed by atoms with van der Waals surface area (Å²) < 4.78 is 0. The van der Waals surface area contributed by atoms with Crippen molar-refractivity contribution < 1.29 is 9.90 Å². The molecular formula is C13H12ClNO2S. The molecular weight excluding hydrogens is 270 g/mol. The highest BCUT2D eigenvalue weighted by atomic mass is 35.5. The van der Waals surface area contributed by atoms with Crippen molar-refractivity contribution in [1.82, 2.24) is 5.32 Å². The van der Waals surface area contributed by atoms with Gasteiger partial charge in [-0.1, -0.05) is 11.6 Å². The third-order valence-electron chi connectivity index (χ3n) is 2.42. The van der Waals surface area contributed by atoms with Crippen LogP contribution in [0.5, 0.6) is 5.75 Å². The zero-order valence-electron chi connectivity index (χ0n) is 9.74. The van der Waals surface area contributed by atoms with E-state index in [1.165, 1.54) is 23.1 Å². The number of aryl methyl sites for hydroxylation is 1. The van der Waals surface area contributed by atoms with Gasteiger partial charge in [0.1, 0.15) is 5.75 Å². The van der Waals surface area contributed by atoms with Gasteiger partial charge in [0.05, 0.1) is 12.1 Å². The average molecular weight is 282 g/mol. The van der Waals surface area contributed by atoms with Crippen LogP contribution in [0.4, 0.5) is 0 Å². The molecule has 0 saturated carbocycles. The molecule has 0 aliphatic rings. The van der Waals surface area contributed by atoms with E-state index in [4.69, 9.17) is 11.6 Å². The zero-order chi connectivity index (χ0) is 13.1. The number of thiophene rings is 1. The molecule has 0 aliphatic heterocycles. The molecule has 1 heterocycles. The number of rotatable bonds is 3. The van der Waals surface area contributed by atoms with Crippen molar-refractivity contribution in [3.05, 3.63) is 50.7 Å². The first-order chi connectivity index (χ1) is 8.56. The number of hydrogen-bond donors (Lipinski definition) is 2. The number of phenols is 1. The summed E-state index contributed by atoms with van der Waals surface area (Å²) in [6.45, 7) is 2.46. The predicted octanol–water partition coefficient (Wildman–Crippen LogP) is 3.35. The van der Waals surface area contributed by atoms with E-state index in [1.54, 1.807) is 11.3 Å². The topological polar surface area (TPSA) is 49.3 Å². The minimum Gasteiger partial charge on any atom is -0.507 e. The second kappa shape index (κ2) is 5.42. The summed E-state index contributed by atoms with van der Waals surface area (Å²) >= 11 is 7.42. The van der Waals surface area contributed by atoms with Crippen LogP contribution >= 0.6 is 22.9 Å². The number of amides is 1. The highest BCUT2D eigenvalue weighted by Crippen LogP contribution is 2.21. The molecule has 0 unspecified atom stereocenters. The van der Waals surface area contributed by atoms with Crippen molar-refractivity contribution >= 4 is 28.8 Å². The van der Waals surface area contributed by atoms with Crippen molar-refractivity contribution in [2.45, 2.75) is 13.5 Å². The van der Waals surface area contributed by atoms with E-state index in [-0.39, 0.29) is 17.2 Å². The second-order valence-corrected chi connectivity index (χ2v) is 5.67. The van der Waals surface area contributed by atoms with Crippen LogP contribution in [0.15, 0.2) is 30.3 Å². The Hall–Kier alpha value is -1.52. The molecule has 0 fully saturated rings. The minimum atomic E-state index is -0.332. The van der Waals surface area contributed by atoms with Gasteiger partial charge in [-0.2, -0.15) is 0 Å². The van der Waals surface area contributed by atoms with Crippen LogP contribution in [-0.2, 0) is 6.54 Å². The van der Waals surface area contributed by atoms with Gasteiger partial charge in [-0.05, 0) is 37.3 Å². The molecule has 2 aromatic rings. The summed E-state index contributed by atoms with van der Waals surface area (Å²) in [7, 11) is 0. The Balaban J connectivity index is 2.05. The van der Waals surface area contributed by atoms with E-state index in [0.29, 0.717) is 11.6 Å². The number of aromatic hydroxyl groups is 1. The summed E-state index contributed by atoms with van der Waals surface area (Å²) in [4.78, 5) is 14.1. The first kappa shape index (κ1) is 12.9. The van der Waals surface area contributed by atoms with Crippen molar-refractivity contribution in [3.63, 3.8) is 0 Å². The maximum absolute atomic E-state index is 11.9. The fourth-order valence-corrected chi connectivity index (χ4v) is 2.54. The van der Waals surface area contributed by atoms with E-state index in [9.17, 15) is 9.90 Å². The van der Waals surface area contributed by atoms with Crippen LogP contribution in [0.25, 0.3) is 0 Å². The van der Waals surface area contributed by atoms with Crippen LogP contribution in [0, 0.1) is 6.92 Å². The van der Waals surface area contributed by atoms with Crippen LogP contribution < -0.4 is 5.32 Å². The first-order valence-corrected chi connectivity index (χ1v) is 6.58. The lowest BCUT2D eigenvalue weighted by Gasteiger charge is -2.06. The van der Waals surface area contributed by atoms with Gasteiger partial charge in [0.2, 0.25) is 0 Å². The van der Waals surface area contributed by atoms with Crippen LogP contribution in [0.1, 0.15) is 20.1 Å². The maximum Gasteiger partial charge on any atom is 0.255 e. The number of benzene rings is 1. The van der Waals surface area contributed by atoms with Crippen LogP contribution in [-0.4, -0.2) is 11.0 Å². The fourth-order valence-electron chi connectivity index (χ4n) is 1.53. The van der Waals surface area contributed by atoms with Gasteiger partial charge < -0.3 is 10.4 Å². The summed E-state index contributed by atoms with van der Waals surface area (Å²) in [5, 5.41) is 12.8. The summed E-state index contributed by atoms with van der Waals surface area (Å²) in [6, 6.07) is 8.37. The van der Waals surface area contributed by atoms with Crippen LogP contribution in [0.3, 0.4) is 0 Å². The molecule has 0 atom stereocenters. The van der Waals surface area contributed by atoms with E-state index >= 15 is 0 Å². The van der Waals surface area contributed by atoms with E-state index in [2.05, 4.69) is 5.32 Å². The Morgan fingerprint density at radius 2 is 2.17 bits per heavy atom. The summed E-state index contributed by atoms with van der Waals surface area (Å²) in [5.41, 5.74) is 0.191. The molecule has 2 N–H and O–H groups in total. The van der Waals surface area contributed by atoms with E-state index < -0.39 is 0 Å². The monoisotopic (exact) mass is 281 g/mol. The van der Waals surface area contributed by atoms with Crippen molar-refractivity contribution in [2.75, 3.05) is 0 Å². The van der Waals surface area contributed by atoms with Gasteiger partial charge in [-0.3, -0.25) is 4.79 Å². The Morgan fingerprint density at radius 3 is 2.83 bits per heavy atom. The molecule has 3 nitrogen and oxygen atoms in total. The molecule has 5 heteroatoms. The van der Waals surface area contributed by atoms with Gasteiger partial charge in [-0.25, -0.2) is 0 Å². The molecule has 1 aromatic carbocycles. The fraction of sp³-hybridized carbons (Fsp3) is 0.154. The van der Waals surface area contributed by atoms with Crippen LogP contribution in [0.2, 0.25) is 5.02 Å². The second-order valence-electron chi connectivity index (χ2n) is 3.86. The molecule has 18 heavy (non-hydrogen) atoms. The molecule has 0 bridgehead atoms. The lowest BCUT2D eigenvalue weighted by atomic mass is 10.2. The predicted molar refractivity (Wildman–Crippen MR) is 73.3 cm³/mol. The van der Waals surface area contributed by atoms with E-state index in [1.807, 2.05) is 19.1 Å². The first-order valence-electron chi connectivity index (χ1n) is 5.38. The van der Waals surface area contributed by atoms with Gasteiger partial charge in [0, 0.05) is 14.8 Å². The Bertz CT molecular complexity index is 580. The lowest BCUT2D eigenvalue weighted by Crippen LogP contribution is -2.22. The molecule has 1 amide bonds.